The van der Waals surface area contributed by atoms with E-state index in [9.17, 15) is 22.4 Å². The van der Waals surface area contributed by atoms with Crippen LogP contribution in [0.2, 0.25) is 10.0 Å². The lowest BCUT2D eigenvalue weighted by Gasteiger charge is -2.35. The largest absolute Gasteiger partial charge is 0.452 e. The van der Waals surface area contributed by atoms with Crippen LogP contribution in [0.4, 0.5) is 17.6 Å². The van der Waals surface area contributed by atoms with Gasteiger partial charge in [0.15, 0.2) is 6.10 Å². The van der Waals surface area contributed by atoms with Crippen LogP contribution in [0.1, 0.15) is 29.4 Å². The van der Waals surface area contributed by atoms with Gasteiger partial charge >= 0.3 is 6.18 Å². The van der Waals surface area contributed by atoms with E-state index in [0.29, 0.717) is 0 Å². The SMILES string of the molecule is C[C@@]1(c2cc(-c3c(Cl)cnc(C(N)=O)c3Cl)cnc2F)C[C@@H](C(F)(F)F)OC(N)=N1. The van der Waals surface area contributed by atoms with Crippen LogP contribution in [0, 0.1) is 5.95 Å². The lowest BCUT2D eigenvalue weighted by molar-refractivity contribution is -0.208. The van der Waals surface area contributed by atoms with Gasteiger partial charge in [-0.05, 0) is 13.0 Å². The highest BCUT2D eigenvalue weighted by Gasteiger charge is 2.50. The number of ether oxygens (including phenoxy) is 1. The Balaban J connectivity index is 2.17. The van der Waals surface area contributed by atoms with Crippen molar-refractivity contribution in [1.29, 1.82) is 0 Å². The van der Waals surface area contributed by atoms with Crippen LogP contribution >= 0.6 is 23.2 Å². The molecule has 7 nitrogen and oxygen atoms in total. The molecule has 0 bridgehead atoms. The van der Waals surface area contributed by atoms with Crippen molar-refractivity contribution in [2.75, 3.05) is 0 Å². The lowest BCUT2D eigenvalue weighted by atomic mass is 9.85. The molecule has 1 aliphatic rings. The van der Waals surface area contributed by atoms with Crippen LogP contribution in [0.25, 0.3) is 11.1 Å². The number of pyridine rings is 2. The van der Waals surface area contributed by atoms with Gasteiger partial charge in [-0.3, -0.25) is 4.79 Å². The van der Waals surface area contributed by atoms with Gasteiger partial charge in [0.25, 0.3) is 11.9 Å². The van der Waals surface area contributed by atoms with E-state index >= 15 is 0 Å². The molecule has 0 unspecified atom stereocenters. The summed E-state index contributed by atoms with van der Waals surface area (Å²) >= 11 is 12.3. The lowest BCUT2D eigenvalue weighted by Crippen LogP contribution is -2.46. The topological polar surface area (TPSA) is 116 Å². The predicted octanol–water partition coefficient (Wildman–Crippen LogP) is 3.57. The molecule has 2 aromatic heterocycles. The Kier molecular flexibility index (Phi) is 5.54. The van der Waals surface area contributed by atoms with Crippen molar-refractivity contribution in [2.24, 2.45) is 16.5 Å². The van der Waals surface area contributed by atoms with Crippen molar-refractivity contribution in [3.63, 3.8) is 0 Å². The molecule has 0 saturated carbocycles. The molecule has 0 fully saturated rings. The number of primary amides is 1. The Bertz CT molecular complexity index is 1060. The Labute approximate surface area is 177 Å². The molecule has 30 heavy (non-hydrogen) atoms. The second-order valence-electron chi connectivity index (χ2n) is 6.65. The van der Waals surface area contributed by atoms with Crippen molar-refractivity contribution >= 4 is 35.1 Å². The zero-order valence-corrected chi connectivity index (χ0v) is 16.6. The van der Waals surface area contributed by atoms with E-state index < -0.39 is 42.1 Å². The number of nitrogens with two attached hydrogens (primary N) is 2. The van der Waals surface area contributed by atoms with Crippen LogP contribution in [-0.4, -0.2) is 34.2 Å². The monoisotopic (exact) mass is 465 g/mol. The van der Waals surface area contributed by atoms with E-state index in [2.05, 4.69) is 19.7 Å². The van der Waals surface area contributed by atoms with Gasteiger partial charge in [0, 0.05) is 35.5 Å². The van der Waals surface area contributed by atoms with Gasteiger partial charge < -0.3 is 16.2 Å². The van der Waals surface area contributed by atoms with Gasteiger partial charge in [-0.1, -0.05) is 23.2 Å². The van der Waals surface area contributed by atoms with E-state index in [1.165, 1.54) is 13.0 Å². The van der Waals surface area contributed by atoms with Crippen LogP contribution in [0.15, 0.2) is 23.5 Å². The molecule has 0 aromatic carbocycles. The number of aromatic nitrogens is 2. The van der Waals surface area contributed by atoms with E-state index in [0.717, 1.165) is 12.4 Å². The summed E-state index contributed by atoms with van der Waals surface area (Å²) in [4.78, 5) is 22.7. The molecule has 1 aliphatic heterocycles. The van der Waals surface area contributed by atoms with Gasteiger partial charge in [0.1, 0.15) is 5.69 Å². The van der Waals surface area contributed by atoms with Crippen molar-refractivity contribution in [1.82, 2.24) is 9.97 Å². The molecule has 1 amide bonds. The molecule has 13 heteroatoms. The highest BCUT2D eigenvalue weighted by atomic mass is 35.5. The molecule has 0 radical (unpaired) electrons. The van der Waals surface area contributed by atoms with Gasteiger partial charge in [0.2, 0.25) is 5.95 Å². The summed E-state index contributed by atoms with van der Waals surface area (Å²) in [5, 5.41) is -0.236. The Morgan fingerprint density at radius 1 is 1.30 bits per heavy atom. The number of hydrogen-bond donors (Lipinski definition) is 2. The molecule has 3 rings (SSSR count). The smallest absolute Gasteiger partial charge is 0.425 e. The van der Waals surface area contributed by atoms with E-state index in [-0.39, 0.29) is 32.4 Å². The fourth-order valence-electron chi connectivity index (χ4n) is 3.08. The summed E-state index contributed by atoms with van der Waals surface area (Å²) in [5.41, 5.74) is 8.45. The molecular formula is C17H13Cl2F4N5O2. The quantitative estimate of drug-likeness (QED) is 0.530. The van der Waals surface area contributed by atoms with Crippen LogP contribution in [0.5, 0.6) is 0 Å². The van der Waals surface area contributed by atoms with Crippen molar-refractivity contribution < 1.29 is 27.1 Å². The highest BCUT2D eigenvalue weighted by Crippen LogP contribution is 2.43. The minimum absolute atomic E-state index is 0.0160. The van der Waals surface area contributed by atoms with Gasteiger partial charge in [0.05, 0.1) is 15.6 Å². The van der Waals surface area contributed by atoms with Crippen LogP contribution < -0.4 is 11.5 Å². The highest BCUT2D eigenvalue weighted by molar-refractivity contribution is 6.40. The molecule has 160 valence electrons. The average Bonchev–Trinajstić information content (AvgIpc) is 2.61. The third kappa shape index (κ3) is 3.99. The normalized spacial score (nSPS) is 21.7. The first-order valence-corrected chi connectivity index (χ1v) is 8.98. The number of amides is 1. The van der Waals surface area contributed by atoms with Crippen LogP contribution in [-0.2, 0) is 10.3 Å². The molecule has 4 N–H and O–H groups in total. The number of halogens is 6. The maximum absolute atomic E-state index is 14.6. The summed E-state index contributed by atoms with van der Waals surface area (Å²) in [6, 6.07) is 0.433. The molecule has 0 aliphatic carbocycles. The number of hydrogen-bond acceptors (Lipinski definition) is 6. The second-order valence-corrected chi connectivity index (χ2v) is 7.43. The molecule has 3 heterocycles. The first kappa shape index (κ1) is 22.0. The fourth-order valence-corrected chi connectivity index (χ4v) is 3.73. The van der Waals surface area contributed by atoms with Crippen molar-refractivity contribution in [3.05, 3.63) is 45.7 Å². The van der Waals surface area contributed by atoms with E-state index in [4.69, 9.17) is 34.7 Å². The van der Waals surface area contributed by atoms with Gasteiger partial charge in [-0.25, -0.2) is 15.0 Å². The third-order valence-corrected chi connectivity index (χ3v) is 5.14. The number of carbonyl (C=O) groups is 1. The number of amidine groups is 1. The minimum Gasteiger partial charge on any atom is -0.452 e. The van der Waals surface area contributed by atoms with Crippen molar-refractivity contribution in [3.8, 4) is 11.1 Å². The summed E-state index contributed by atoms with van der Waals surface area (Å²) < 4.78 is 58.8. The molecule has 2 aromatic rings. The predicted molar refractivity (Wildman–Crippen MR) is 100 cm³/mol. The number of aliphatic imine (C=N–C) groups is 1. The Morgan fingerprint density at radius 3 is 2.57 bits per heavy atom. The minimum atomic E-state index is -4.75. The van der Waals surface area contributed by atoms with Crippen LogP contribution in [0.3, 0.4) is 0 Å². The molecule has 2 atom stereocenters. The number of carbonyl (C=O) groups excluding carboxylic acids is 1. The molecular weight excluding hydrogens is 453 g/mol. The van der Waals surface area contributed by atoms with Gasteiger partial charge in [-0.15, -0.1) is 0 Å². The second kappa shape index (κ2) is 7.55. The van der Waals surface area contributed by atoms with E-state index in [1.54, 1.807) is 0 Å². The number of alkyl halides is 3. The summed E-state index contributed by atoms with van der Waals surface area (Å²) in [7, 11) is 0. The maximum Gasteiger partial charge on any atom is 0.425 e. The first-order valence-electron chi connectivity index (χ1n) is 8.22. The van der Waals surface area contributed by atoms with Crippen molar-refractivity contribution in [2.45, 2.75) is 31.2 Å². The maximum atomic E-state index is 14.6. The zero-order chi connectivity index (χ0) is 22.4. The Morgan fingerprint density at radius 2 is 1.97 bits per heavy atom. The Hall–Kier alpha value is -2.66. The van der Waals surface area contributed by atoms with E-state index in [1.807, 2.05) is 0 Å². The standard InChI is InChI=1S/C17H13Cl2F4N5O2/c1-16(3-9(17(21,22)23)30-15(25)28-16)7-2-6(4-27-13(7)20)10-8(18)5-26-12(11(10)19)14(24)29/h2,4-5,9H,3H2,1H3,(H2,24,29)(H2,25,28)/t9-,16-/m0/s1. The summed E-state index contributed by atoms with van der Waals surface area (Å²) in [6.07, 6.45) is -5.63. The van der Waals surface area contributed by atoms with Gasteiger partial charge in [-0.2, -0.15) is 17.6 Å². The first-order chi connectivity index (χ1) is 13.8. The zero-order valence-electron chi connectivity index (χ0n) is 15.1. The molecule has 0 saturated heterocycles. The summed E-state index contributed by atoms with van der Waals surface area (Å²) in [5.74, 6) is -2.01. The third-order valence-electron chi connectivity index (χ3n) is 4.48. The average molecular weight is 466 g/mol. The number of rotatable bonds is 3. The molecule has 0 spiro atoms. The summed E-state index contributed by atoms with van der Waals surface area (Å²) in [6.45, 7) is 1.26. The fraction of sp³-hybridized carbons (Fsp3) is 0.294. The number of nitrogens with zero attached hydrogens (tertiary/aromatic N) is 3.